The van der Waals surface area contributed by atoms with Crippen molar-refractivity contribution in [3.8, 4) is 17.3 Å². The minimum Gasteiger partial charge on any atom is -0.497 e. The lowest BCUT2D eigenvalue weighted by molar-refractivity contribution is -0.00114. The summed E-state index contributed by atoms with van der Waals surface area (Å²) in [6.45, 7) is 1.01. The van der Waals surface area contributed by atoms with Crippen LogP contribution < -0.4 is 4.74 Å². The lowest BCUT2D eigenvalue weighted by atomic mass is 9.87. The van der Waals surface area contributed by atoms with Crippen LogP contribution in [0.4, 0.5) is 0 Å². The summed E-state index contributed by atoms with van der Waals surface area (Å²) in [6, 6.07) is 7.91. The van der Waals surface area contributed by atoms with Gasteiger partial charge in [-0.25, -0.2) is 4.68 Å². The summed E-state index contributed by atoms with van der Waals surface area (Å²) in [5.74, 6) is 2.68. The van der Waals surface area contributed by atoms with Gasteiger partial charge in [0.25, 0.3) is 0 Å². The fourth-order valence-electron chi connectivity index (χ4n) is 4.28. The third-order valence-corrected chi connectivity index (χ3v) is 5.95. The minimum absolute atomic E-state index is 0.0740. The van der Waals surface area contributed by atoms with Crippen molar-refractivity contribution in [2.24, 2.45) is 5.92 Å². The fourth-order valence-corrected chi connectivity index (χ4v) is 4.28. The van der Waals surface area contributed by atoms with Crippen LogP contribution in [0.15, 0.2) is 28.8 Å². The first kappa shape index (κ1) is 18.3. The van der Waals surface area contributed by atoms with E-state index >= 15 is 0 Å². The van der Waals surface area contributed by atoms with Gasteiger partial charge in [0.1, 0.15) is 11.9 Å². The Balaban J connectivity index is 1.30. The molecule has 1 aliphatic carbocycles. The first-order chi connectivity index (χ1) is 14.3. The highest BCUT2D eigenvalue weighted by Crippen LogP contribution is 2.31. The quantitative estimate of drug-likeness (QED) is 0.650. The number of benzene rings is 1. The van der Waals surface area contributed by atoms with Gasteiger partial charge in [-0.2, -0.15) is 4.98 Å². The van der Waals surface area contributed by atoms with Crippen molar-refractivity contribution < 1.29 is 14.0 Å². The van der Waals surface area contributed by atoms with E-state index in [1.54, 1.807) is 7.11 Å². The van der Waals surface area contributed by atoms with E-state index in [4.69, 9.17) is 14.0 Å². The SMILES string of the molecule is COc1ccc([C@H]2Cn3nnc(-c4noc(CC5CCCCC5)n4)c3CO2)cc1. The third-order valence-electron chi connectivity index (χ3n) is 5.95. The molecule has 1 saturated carbocycles. The Morgan fingerprint density at radius 2 is 1.97 bits per heavy atom. The maximum Gasteiger partial charge on any atom is 0.227 e. The van der Waals surface area contributed by atoms with E-state index < -0.39 is 0 Å². The normalized spacial score (nSPS) is 19.8. The summed E-state index contributed by atoms with van der Waals surface area (Å²) in [5, 5.41) is 12.8. The van der Waals surface area contributed by atoms with E-state index in [9.17, 15) is 0 Å². The molecule has 1 aromatic carbocycles. The largest absolute Gasteiger partial charge is 0.497 e. The number of hydrogen-bond donors (Lipinski definition) is 0. The van der Waals surface area contributed by atoms with Gasteiger partial charge in [-0.15, -0.1) is 5.10 Å². The van der Waals surface area contributed by atoms with Crippen molar-refractivity contribution in [2.45, 2.75) is 57.8 Å². The summed E-state index contributed by atoms with van der Waals surface area (Å²) < 4.78 is 18.7. The summed E-state index contributed by atoms with van der Waals surface area (Å²) in [6.07, 6.45) is 7.23. The molecule has 0 unspecified atom stereocenters. The van der Waals surface area contributed by atoms with E-state index in [1.165, 1.54) is 32.1 Å². The Morgan fingerprint density at radius 3 is 2.76 bits per heavy atom. The molecule has 0 radical (unpaired) electrons. The number of aromatic nitrogens is 5. The first-order valence-electron chi connectivity index (χ1n) is 10.3. The zero-order valence-electron chi connectivity index (χ0n) is 16.6. The van der Waals surface area contributed by atoms with Crippen molar-refractivity contribution in [2.75, 3.05) is 7.11 Å². The third kappa shape index (κ3) is 3.76. The molecule has 8 heteroatoms. The van der Waals surface area contributed by atoms with Crippen LogP contribution in [0, 0.1) is 5.92 Å². The molecule has 2 aliphatic rings. The number of nitrogens with zero attached hydrogens (tertiary/aromatic N) is 5. The molecule has 3 heterocycles. The second-order valence-electron chi connectivity index (χ2n) is 7.86. The lowest BCUT2D eigenvalue weighted by Gasteiger charge is -2.24. The monoisotopic (exact) mass is 395 g/mol. The maximum atomic E-state index is 6.08. The topological polar surface area (TPSA) is 88.1 Å². The number of ether oxygens (including phenoxy) is 2. The van der Waals surface area contributed by atoms with E-state index in [0.29, 0.717) is 36.5 Å². The molecule has 0 amide bonds. The molecular formula is C21H25N5O3. The molecule has 5 rings (SSSR count). The number of rotatable bonds is 5. The first-order valence-corrected chi connectivity index (χ1v) is 10.3. The smallest absolute Gasteiger partial charge is 0.227 e. The van der Waals surface area contributed by atoms with Crippen molar-refractivity contribution in [1.82, 2.24) is 25.1 Å². The molecule has 1 atom stereocenters. The Hall–Kier alpha value is -2.74. The van der Waals surface area contributed by atoms with Crippen LogP contribution >= 0.6 is 0 Å². The standard InChI is InChI=1S/C21H25N5O3/c1-27-16-9-7-15(8-10-16)18-12-26-17(13-28-18)20(23-25-26)21-22-19(29-24-21)11-14-5-3-2-4-6-14/h7-10,14,18H,2-6,11-13H2,1H3/t18-/m1/s1. The van der Waals surface area contributed by atoms with Gasteiger partial charge in [0.15, 0.2) is 5.69 Å². The van der Waals surface area contributed by atoms with Crippen molar-refractivity contribution in [3.63, 3.8) is 0 Å². The summed E-state index contributed by atoms with van der Waals surface area (Å²) in [5.41, 5.74) is 2.62. The van der Waals surface area contributed by atoms with Crippen LogP contribution in [0.5, 0.6) is 5.75 Å². The Bertz CT molecular complexity index is 959. The number of hydrogen-bond acceptors (Lipinski definition) is 7. The molecule has 0 bridgehead atoms. The molecule has 0 spiro atoms. The molecule has 29 heavy (non-hydrogen) atoms. The molecular weight excluding hydrogens is 370 g/mol. The van der Waals surface area contributed by atoms with Crippen LogP contribution in [-0.4, -0.2) is 32.2 Å². The van der Waals surface area contributed by atoms with Crippen LogP contribution in [0.3, 0.4) is 0 Å². The molecule has 0 N–H and O–H groups in total. The average molecular weight is 395 g/mol. The highest BCUT2D eigenvalue weighted by molar-refractivity contribution is 5.51. The predicted octanol–water partition coefficient (Wildman–Crippen LogP) is 3.73. The zero-order chi connectivity index (χ0) is 19.6. The van der Waals surface area contributed by atoms with Gasteiger partial charge in [-0.05, 0) is 36.5 Å². The minimum atomic E-state index is -0.0740. The van der Waals surface area contributed by atoms with Gasteiger partial charge < -0.3 is 14.0 Å². The summed E-state index contributed by atoms with van der Waals surface area (Å²) in [7, 11) is 1.66. The Kier molecular flexibility index (Phi) is 5.01. The summed E-state index contributed by atoms with van der Waals surface area (Å²) >= 11 is 0. The van der Waals surface area contributed by atoms with Gasteiger partial charge in [-0.3, -0.25) is 0 Å². The second kappa shape index (κ2) is 7.94. The predicted molar refractivity (Wildman–Crippen MR) is 104 cm³/mol. The van der Waals surface area contributed by atoms with E-state index in [-0.39, 0.29) is 6.10 Å². The van der Waals surface area contributed by atoms with E-state index in [0.717, 1.165) is 23.4 Å². The van der Waals surface area contributed by atoms with Crippen LogP contribution in [-0.2, 0) is 24.3 Å². The van der Waals surface area contributed by atoms with E-state index in [1.807, 2.05) is 28.9 Å². The molecule has 1 aliphatic heterocycles. The van der Waals surface area contributed by atoms with Gasteiger partial charge >= 0.3 is 0 Å². The average Bonchev–Trinajstić information content (AvgIpc) is 3.41. The van der Waals surface area contributed by atoms with Gasteiger partial charge in [0.2, 0.25) is 11.7 Å². The molecule has 152 valence electrons. The highest BCUT2D eigenvalue weighted by Gasteiger charge is 2.28. The fraction of sp³-hybridized carbons (Fsp3) is 0.524. The summed E-state index contributed by atoms with van der Waals surface area (Å²) in [4.78, 5) is 4.59. The molecule has 3 aromatic rings. The molecule has 2 aromatic heterocycles. The zero-order valence-corrected chi connectivity index (χ0v) is 16.6. The van der Waals surface area contributed by atoms with Gasteiger partial charge in [0, 0.05) is 6.42 Å². The van der Waals surface area contributed by atoms with E-state index in [2.05, 4.69) is 20.5 Å². The molecule has 8 nitrogen and oxygen atoms in total. The maximum absolute atomic E-state index is 6.08. The highest BCUT2D eigenvalue weighted by atomic mass is 16.5. The lowest BCUT2D eigenvalue weighted by Crippen LogP contribution is -2.22. The van der Waals surface area contributed by atoms with Crippen LogP contribution in [0.25, 0.3) is 11.5 Å². The van der Waals surface area contributed by atoms with Crippen molar-refractivity contribution in [3.05, 3.63) is 41.4 Å². The van der Waals surface area contributed by atoms with Gasteiger partial charge in [0.05, 0.1) is 26.0 Å². The number of fused-ring (bicyclic) bond motifs is 1. The van der Waals surface area contributed by atoms with Crippen LogP contribution in [0.1, 0.15) is 55.4 Å². The van der Waals surface area contributed by atoms with Gasteiger partial charge in [-0.1, -0.05) is 41.8 Å². The molecule has 0 saturated heterocycles. The number of methoxy groups -OCH3 is 1. The van der Waals surface area contributed by atoms with Crippen molar-refractivity contribution >= 4 is 0 Å². The molecule has 1 fully saturated rings. The second-order valence-corrected chi connectivity index (χ2v) is 7.86. The Morgan fingerprint density at radius 1 is 1.14 bits per heavy atom. The van der Waals surface area contributed by atoms with Crippen molar-refractivity contribution in [1.29, 1.82) is 0 Å². The van der Waals surface area contributed by atoms with Crippen LogP contribution in [0.2, 0.25) is 0 Å². The Labute approximate surface area is 169 Å².